The van der Waals surface area contributed by atoms with E-state index in [0.29, 0.717) is 5.41 Å². The van der Waals surface area contributed by atoms with Crippen LogP contribution in [0.3, 0.4) is 0 Å². The van der Waals surface area contributed by atoms with Crippen molar-refractivity contribution in [2.45, 2.75) is 43.6 Å². The van der Waals surface area contributed by atoms with Crippen molar-refractivity contribution in [3.8, 4) is 0 Å². The fourth-order valence-electron chi connectivity index (χ4n) is 5.50. The molecule has 5 rings (SSSR count). The van der Waals surface area contributed by atoms with Crippen molar-refractivity contribution >= 4 is 0 Å². The number of aromatic nitrogens is 1. The smallest absolute Gasteiger partial charge is 0.0121 e. The summed E-state index contributed by atoms with van der Waals surface area (Å²) in [5.41, 5.74) is 2.12. The SMILES string of the molecule is CNC1C2CC3CC1CC(c1cc[nH]c1)(C3)C2. The first-order valence-corrected chi connectivity index (χ1v) is 7.11. The molecule has 0 aromatic carbocycles. The summed E-state index contributed by atoms with van der Waals surface area (Å²) < 4.78 is 0. The first-order valence-electron chi connectivity index (χ1n) is 7.11. The molecule has 2 atom stereocenters. The van der Waals surface area contributed by atoms with Gasteiger partial charge >= 0.3 is 0 Å². The molecule has 1 aromatic rings. The standard InChI is InChI=1S/C15H22N2/c1-16-14-11-4-10-5-12(14)8-15(6-10,7-11)13-2-3-17-9-13/h2-3,9-12,14,16-17H,4-8H2,1H3. The minimum Gasteiger partial charge on any atom is -0.367 e. The Morgan fingerprint density at radius 2 is 2.00 bits per heavy atom. The van der Waals surface area contributed by atoms with Gasteiger partial charge in [0.2, 0.25) is 0 Å². The van der Waals surface area contributed by atoms with E-state index < -0.39 is 0 Å². The van der Waals surface area contributed by atoms with Crippen molar-refractivity contribution in [1.82, 2.24) is 10.3 Å². The predicted octanol–water partition coefficient (Wildman–Crippen LogP) is 2.68. The van der Waals surface area contributed by atoms with Crippen molar-refractivity contribution in [1.29, 1.82) is 0 Å². The van der Waals surface area contributed by atoms with Crippen LogP contribution in [0.5, 0.6) is 0 Å². The fraction of sp³-hybridized carbons (Fsp3) is 0.733. The maximum Gasteiger partial charge on any atom is 0.0121 e. The summed E-state index contributed by atoms with van der Waals surface area (Å²) in [5.74, 6) is 2.87. The third kappa shape index (κ3) is 1.31. The van der Waals surface area contributed by atoms with Gasteiger partial charge in [0.25, 0.3) is 0 Å². The highest BCUT2D eigenvalue weighted by molar-refractivity contribution is 5.28. The van der Waals surface area contributed by atoms with Crippen LogP contribution in [0.1, 0.15) is 37.7 Å². The Labute approximate surface area is 103 Å². The third-order valence-corrected chi connectivity index (χ3v) is 5.82. The van der Waals surface area contributed by atoms with E-state index in [-0.39, 0.29) is 0 Å². The first kappa shape index (κ1) is 10.2. The molecule has 0 radical (unpaired) electrons. The summed E-state index contributed by atoms with van der Waals surface area (Å²) in [6.45, 7) is 0. The molecule has 1 aromatic heterocycles. The van der Waals surface area contributed by atoms with E-state index in [2.05, 4.69) is 35.8 Å². The molecule has 2 unspecified atom stereocenters. The molecule has 4 saturated carbocycles. The zero-order valence-corrected chi connectivity index (χ0v) is 10.6. The predicted molar refractivity (Wildman–Crippen MR) is 68.9 cm³/mol. The highest BCUT2D eigenvalue weighted by Crippen LogP contribution is 2.60. The third-order valence-electron chi connectivity index (χ3n) is 5.82. The Kier molecular flexibility index (Phi) is 2.03. The van der Waals surface area contributed by atoms with Crippen LogP contribution in [0, 0.1) is 17.8 Å². The topological polar surface area (TPSA) is 27.8 Å². The average Bonchev–Trinajstić information content (AvgIpc) is 2.82. The monoisotopic (exact) mass is 230 g/mol. The Morgan fingerprint density at radius 3 is 2.59 bits per heavy atom. The van der Waals surface area contributed by atoms with E-state index in [0.717, 1.165) is 23.8 Å². The molecule has 4 aliphatic rings. The Morgan fingerprint density at radius 1 is 1.24 bits per heavy atom. The molecule has 17 heavy (non-hydrogen) atoms. The van der Waals surface area contributed by atoms with Crippen molar-refractivity contribution in [2.75, 3.05) is 7.05 Å². The van der Waals surface area contributed by atoms with Gasteiger partial charge in [0.1, 0.15) is 0 Å². The van der Waals surface area contributed by atoms with Crippen molar-refractivity contribution in [3.63, 3.8) is 0 Å². The van der Waals surface area contributed by atoms with Crippen LogP contribution in [-0.4, -0.2) is 18.1 Å². The van der Waals surface area contributed by atoms with Gasteiger partial charge < -0.3 is 10.3 Å². The van der Waals surface area contributed by atoms with Crippen LogP contribution in [0.25, 0.3) is 0 Å². The van der Waals surface area contributed by atoms with Crippen LogP contribution in [-0.2, 0) is 5.41 Å². The second-order valence-electron chi connectivity index (χ2n) is 6.66. The molecule has 4 aliphatic carbocycles. The summed E-state index contributed by atoms with van der Waals surface area (Å²) >= 11 is 0. The second-order valence-corrected chi connectivity index (χ2v) is 6.66. The lowest BCUT2D eigenvalue weighted by atomic mass is 9.46. The van der Waals surface area contributed by atoms with Gasteiger partial charge in [-0.3, -0.25) is 0 Å². The molecule has 1 heterocycles. The summed E-state index contributed by atoms with van der Waals surface area (Å²) in [6.07, 6.45) is 11.6. The molecule has 2 N–H and O–H groups in total. The second kappa shape index (κ2) is 3.38. The number of hydrogen-bond donors (Lipinski definition) is 2. The lowest BCUT2D eigenvalue weighted by Gasteiger charge is -2.60. The molecule has 2 heteroatoms. The van der Waals surface area contributed by atoms with Gasteiger partial charge in [-0.25, -0.2) is 0 Å². The van der Waals surface area contributed by atoms with Crippen molar-refractivity contribution < 1.29 is 0 Å². The molecule has 2 nitrogen and oxygen atoms in total. The van der Waals surface area contributed by atoms with E-state index in [4.69, 9.17) is 0 Å². The maximum atomic E-state index is 3.60. The molecule has 0 amide bonds. The van der Waals surface area contributed by atoms with Crippen molar-refractivity contribution in [2.24, 2.45) is 17.8 Å². The normalized spacial score (nSPS) is 47.6. The lowest BCUT2D eigenvalue weighted by molar-refractivity contribution is -0.0325. The summed E-state index contributed by atoms with van der Waals surface area (Å²) in [4.78, 5) is 3.26. The summed E-state index contributed by atoms with van der Waals surface area (Å²) in [6, 6.07) is 3.13. The Hall–Kier alpha value is -0.760. The molecular weight excluding hydrogens is 208 g/mol. The number of rotatable bonds is 2. The summed E-state index contributed by atoms with van der Waals surface area (Å²) in [7, 11) is 2.16. The maximum absolute atomic E-state index is 3.60. The van der Waals surface area contributed by atoms with Crippen LogP contribution in [0.4, 0.5) is 0 Å². The highest BCUT2D eigenvalue weighted by atomic mass is 14.9. The Balaban J connectivity index is 1.73. The van der Waals surface area contributed by atoms with E-state index >= 15 is 0 Å². The quantitative estimate of drug-likeness (QED) is 0.803. The van der Waals surface area contributed by atoms with Crippen LogP contribution < -0.4 is 5.32 Å². The van der Waals surface area contributed by atoms with Gasteiger partial charge in [-0.05, 0) is 74.0 Å². The van der Waals surface area contributed by atoms with Gasteiger partial charge in [0, 0.05) is 18.4 Å². The van der Waals surface area contributed by atoms with Gasteiger partial charge in [0.15, 0.2) is 0 Å². The number of aromatic amines is 1. The minimum absolute atomic E-state index is 0.532. The van der Waals surface area contributed by atoms with E-state index in [1.807, 2.05) is 0 Å². The fourth-order valence-corrected chi connectivity index (χ4v) is 5.50. The number of H-pyrrole nitrogens is 1. The minimum atomic E-state index is 0.532. The first-order chi connectivity index (χ1) is 8.31. The van der Waals surface area contributed by atoms with Crippen LogP contribution >= 0.6 is 0 Å². The molecule has 0 spiro atoms. The van der Waals surface area contributed by atoms with Gasteiger partial charge in [-0.2, -0.15) is 0 Å². The zero-order valence-electron chi connectivity index (χ0n) is 10.6. The van der Waals surface area contributed by atoms with Crippen molar-refractivity contribution in [3.05, 3.63) is 24.0 Å². The molecule has 0 aliphatic heterocycles. The molecule has 92 valence electrons. The lowest BCUT2D eigenvalue weighted by Crippen LogP contribution is -2.58. The number of hydrogen-bond acceptors (Lipinski definition) is 1. The largest absolute Gasteiger partial charge is 0.367 e. The molecule has 0 saturated heterocycles. The molecular formula is C15H22N2. The van der Waals surface area contributed by atoms with Crippen LogP contribution in [0.15, 0.2) is 18.5 Å². The highest BCUT2D eigenvalue weighted by Gasteiger charge is 2.55. The number of nitrogens with one attached hydrogen (secondary N) is 2. The summed E-state index contributed by atoms with van der Waals surface area (Å²) in [5, 5.41) is 3.60. The molecule has 4 fully saturated rings. The van der Waals surface area contributed by atoms with E-state index in [1.165, 1.54) is 32.1 Å². The van der Waals surface area contributed by atoms with Gasteiger partial charge in [-0.15, -0.1) is 0 Å². The average molecular weight is 230 g/mol. The Bertz CT molecular complexity index is 393. The van der Waals surface area contributed by atoms with Gasteiger partial charge in [0.05, 0.1) is 0 Å². The van der Waals surface area contributed by atoms with E-state index in [9.17, 15) is 0 Å². The van der Waals surface area contributed by atoms with E-state index in [1.54, 1.807) is 5.56 Å². The van der Waals surface area contributed by atoms with Crippen LogP contribution in [0.2, 0.25) is 0 Å². The zero-order chi connectivity index (χ0) is 11.5. The van der Waals surface area contributed by atoms with Gasteiger partial charge in [-0.1, -0.05) is 0 Å². The molecule has 4 bridgehead atoms.